The van der Waals surface area contributed by atoms with Crippen LogP contribution in [-0.2, 0) is 16.1 Å². The molecule has 1 saturated heterocycles. The molecule has 2 heterocycles. The smallest absolute Gasteiger partial charge is 0.245 e. The average molecular weight is 292 g/mol. The Morgan fingerprint density at radius 1 is 1.33 bits per heavy atom. The minimum absolute atomic E-state index is 0.0117. The van der Waals surface area contributed by atoms with Gasteiger partial charge in [-0.15, -0.1) is 0 Å². The molecule has 1 fully saturated rings. The second-order valence-corrected chi connectivity index (χ2v) is 6.32. The molecule has 0 bridgehead atoms. The molecule has 0 spiro atoms. The lowest BCUT2D eigenvalue weighted by molar-refractivity contribution is -0.145. The molecule has 0 saturated carbocycles. The second-order valence-electron chi connectivity index (χ2n) is 6.32. The summed E-state index contributed by atoms with van der Waals surface area (Å²) in [5.41, 5.74) is 0.815. The fraction of sp³-hybridized carbons (Fsp3) is 0.667. The zero-order chi connectivity index (χ0) is 15.6. The van der Waals surface area contributed by atoms with Crippen molar-refractivity contribution in [2.24, 2.45) is 5.92 Å². The Morgan fingerprint density at radius 2 is 2.05 bits per heavy atom. The van der Waals surface area contributed by atoms with Gasteiger partial charge < -0.3 is 10.2 Å². The number of aromatic nitrogens is 2. The first-order valence-electron chi connectivity index (χ1n) is 7.49. The Balaban J connectivity index is 2.06. The van der Waals surface area contributed by atoms with Gasteiger partial charge in [-0.3, -0.25) is 14.3 Å². The van der Waals surface area contributed by atoms with Gasteiger partial charge in [-0.05, 0) is 32.3 Å². The lowest BCUT2D eigenvalue weighted by Gasteiger charge is -2.32. The van der Waals surface area contributed by atoms with Crippen LogP contribution in [0.4, 0.5) is 0 Å². The first kappa shape index (κ1) is 15.5. The number of piperazine rings is 1. The van der Waals surface area contributed by atoms with Gasteiger partial charge in [-0.2, -0.15) is 5.10 Å². The monoisotopic (exact) mass is 292 g/mol. The number of hydrogen-bond donors (Lipinski definition) is 1. The van der Waals surface area contributed by atoms with Crippen molar-refractivity contribution in [2.75, 3.05) is 6.54 Å². The third-order valence-electron chi connectivity index (χ3n) is 3.53. The van der Waals surface area contributed by atoms with E-state index in [-0.39, 0.29) is 24.4 Å². The molecule has 6 heteroatoms. The number of amides is 2. The maximum Gasteiger partial charge on any atom is 0.245 e. The van der Waals surface area contributed by atoms with Crippen LogP contribution in [0.3, 0.4) is 0 Å². The van der Waals surface area contributed by atoms with Crippen LogP contribution in [0, 0.1) is 5.92 Å². The van der Waals surface area contributed by atoms with Crippen LogP contribution in [0.1, 0.15) is 45.9 Å². The molecule has 1 aromatic heterocycles. The van der Waals surface area contributed by atoms with Crippen molar-refractivity contribution in [2.45, 2.75) is 52.7 Å². The third kappa shape index (κ3) is 3.83. The number of carbonyl (C=O) groups is 2. The van der Waals surface area contributed by atoms with Gasteiger partial charge in [-0.1, -0.05) is 13.8 Å². The van der Waals surface area contributed by atoms with Crippen LogP contribution in [0.2, 0.25) is 0 Å². The van der Waals surface area contributed by atoms with E-state index >= 15 is 0 Å². The third-order valence-corrected chi connectivity index (χ3v) is 3.53. The van der Waals surface area contributed by atoms with E-state index in [9.17, 15) is 9.59 Å². The second kappa shape index (κ2) is 6.28. The SMILES string of the molecule is CC(C)CC1NC(=O)CN(Cc2ccn(C(C)C)n2)C1=O. The van der Waals surface area contributed by atoms with Crippen molar-refractivity contribution in [3.63, 3.8) is 0 Å². The number of rotatable bonds is 5. The summed E-state index contributed by atoms with van der Waals surface area (Å²) in [6.45, 7) is 8.69. The zero-order valence-corrected chi connectivity index (χ0v) is 13.2. The van der Waals surface area contributed by atoms with E-state index < -0.39 is 6.04 Å². The summed E-state index contributed by atoms with van der Waals surface area (Å²) in [6, 6.07) is 1.78. The van der Waals surface area contributed by atoms with Crippen molar-refractivity contribution in [1.82, 2.24) is 20.0 Å². The molecule has 2 rings (SSSR count). The number of carbonyl (C=O) groups excluding carboxylic acids is 2. The first-order chi connectivity index (χ1) is 9.86. The molecule has 0 radical (unpaired) electrons. The van der Waals surface area contributed by atoms with Crippen molar-refractivity contribution < 1.29 is 9.59 Å². The van der Waals surface area contributed by atoms with Gasteiger partial charge in [0.15, 0.2) is 0 Å². The summed E-state index contributed by atoms with van der Waals surface area (Å²) in [6.07, 6.45) is 2.57. The van der Waals surface area contributed by atoms with E-state index in [2.05, 4.69) is 24.3 Å². The van der Waals surface area contributed by atoms with Crippen LogP contribution in [0.25, 0.3) is 0 Å². The molecule has 0 aromatic carbocycles. The van der Waals surface area contributed by atoms with Crippen LogP contribution in [0.15, 0.2) is 12.3 Å². The maximum absolute atomic E-state index is 12.4. The van der Waals surface area contributed by atoms with E-state index in [1.54, 1.807) is 4.90 Å². The highest BCUT2D eigenvalue weighted by Crippen LogP contribution is 2.14. The van der Waals surface area contributed by atoms with Crippen LogP contribution in [0.5, 0.6) is 0 Å². The van der Waals surface area contributed by atoms with E-state index in [0.29, 0.717) is 18.9 Å². The summed E-state index contributed by atoms with van der Waals surface area (Å²) in [5.74, 6) is 0.255. The van der Waals surface area contributed by atoms with Gasteiger partial charge in [0.05, 0.1) is 12.2 Å². The van der Waals surface area contributed by atoms with E-state index in [1.165, 1.54) is 0 Å². The fourth-order valence-corrected chi connectivity index (χ4v) is 2.48. The van der Waals surface area contributed by atoms with Gasteiger partial charge >= 0.3 is 0 Å². The molecule has 2 amide bonds. The Kier molecular flexibility index (Phi) is 4.65. The van der Waals surface area contributed by atoms with Crippen molar-refractivity contribution in [1.29, 1.82) is 0 Å². The highest BCUT2D eigenvalue weighted by molar-refractivity contribution is 5.94. The predicted octanol–water partition coefficient (Wildman–Crippen LogP) is 1.34. The van der Waals surface area contributed by atoms with Gasteiger partial charge in [0, 0.05) is 12.2 Å². The zero-order valence-electron chi connectivity index (χ0n) is 13.2. The standard InChI is InChI=1S/C15H24N4O2/c1-10(2)7-13-15(21)18(9-14(20)16-13)8-12-5-6-19(17-12)11(3)4/h5-6,10-11,13H,7-9H2,1-4H3,(H,16,20). The Morgan fingerprint density at radius 3 is 2.62 bits per heavy atom. The molecule has 21 heavy (non-hydrogen) atoms. The summed E-state index contributed by atoms with van der Waals surface area (Å²) >= 11 is 0. The normalized spacial score (nSPS) is 19.5. The number of hydrogen-bond acceptors (Lipinski definition) is 3. The molecule has 1 unspecified atom stereocenters. The lowest BCUT2D eigenvalue weighted by atomic mass is 10.0. The van der Waals surface area contributed by atoms with Gasteiger partial charge in [0.2, 0.25) is 11.8 Å². The lowest BCUT2D eigenvalue weighted by Crippen LogP contribution is -2.57. The first-order valence-corrected chi connectivity index (χ1v) is 7.49. The minimum Gasteiger partial charge on any atom is -0.343 e. The largest absolute Gasteiger partial charge is 0.343 e. The summed E-state index contributed by atoms with van der Waals surface area (Å²) in [7, 11) is 0. The maximum atomic E-state index is 12.4. The average Bonchev–Trinajstić information content (AvgIpc) is 2.83. The quantitative estimate of drug-likeness (QED) is 0.890. The summed E-state index contributed by atoms with van der Waals surface area (Å²) in [5, 5.41) is 7.22. The van der Waals surface area contributed by atoms with Gasteiger partial charge in [0.1, 0.15) is 12.6 Å². The molecule has 6 nitrogen and oxygen atoms in total. The summed E-state index contributed by atoms with van der Waals surface area (Å²) < 4.78 is 1.86. The number of nitrogens with one attached hydrogen (secondary N) is 1. The van der Waals surface area contributed by atoms with Crippen molar-refractivity contribution in [3.8, 4) is 0 Å². The van der Waals surface area contributed by atoms with E-state index in [1.807, 2.05) is 30.8 Å². The van der Waals surface area contributed by atoms with Crippen molar-refractivity contribution >= 4 is 11.8 Å². The minimum atomic E-state index is -0.404. The van der Waals surface area contributed by atoms with Gasteiger partial charge in [0.25, 0.3) is 0 Å². The predicted molar refractivity (Wildman–Crippen MR) is 79.4 cm³/mol. The molecule has 1 aliphatic rings. The Labute approximate surface area is 125 Å². The highest BCUT2D eigenvalue weighted by Gasteiger charge is 2.33. The molecular weight excluding hydrogens is 268 g/mol. The Bertz CT molecular complexity index is 521. The van der Waals surface area contributed by atoms with E-state index in [4.69, 9.17) is 0 Å². The molecular formula is C15H24N4O2. The van der Waals surface area contributed by atoms with Gasteiger partial charge in [-0.25, -0.2) is 0 Å². The van der Waals surface area contributed by atoms with Crippen LogP contribution in [-0.4, -0.2) is 39.1 Å². The Hall–Kier alpha value is -1.85. The molecule has 0 aliphatic carbocycles. The van der Waals surface area contributed by atoms with Crippen LogP contribution >= 0.6 is 0 Å². The molecule has 1 aromatic rings. The van der Waals surface area contributed by atoms with Crippen molar-refractivity contribution in [3.05, 3.63) is 18.0 Å². The van der Waals surface area contributed by atoms with Crippen LogP contribution < -0.4 is 5.32 Å². The molecule has 1 N–H and O–H groups in total. The number of nitrogens with zero attached hydrogens (tertiary/aromatic N) is 3. The highest BCUT2D eigenvalue weighted by atomic mass is 16.2. The molecule has 116 valence electrons. The molecule has 1 atom stereocenters. The summed E-state index contributed by atoms with van der Waals surface area (Å²) in [4.78, 5) is 25.8. The van der Waals surface area contributed by atoms with E-state index in [0.717, 1.165) is 5.69 Å². The molecule has 1 aliphatic heterocycles. The topological polar surface area (TPSA) is 67.2 Å². The fourth-order valence-electron chi connectivity index (χ4n) is 2.48.